The van der Waals surface area contributed by atoms with E-state index in [0.717, 1.165) is 22.4 Å². The van der Waals surface area contributed by atoms with E-state index in [0.29, 0.717) is 23.1 Å². The molecule has 4 nitrogen and oxygen atoms in total. The molecule has 0 atom stereocenters. The summed E-state index contributed by atoms with van der Waals surface area (Å²) in [5, 5.41) is 5.30. The molecular weight excluding hydrogens is 399 g/mol. The average Bonchev–Trinajstić information content (AvgIpc) is 3.24. The standard InChI is InChI=1S/C24H19FN2O2S/c1-16-5-4-6-19(13-16)26-23(28)21-15-30-24(27-21)20-7-2-3-8-22(20)29-14-17-9-11-18(25)12-10-17/h2-13,15H,14H2,1H3,(H,26,28). The van der Waals surface area contributed by atoms with Gasteiger partial charge in [0.15, 0.2) is 0 Å². The van der Waals surface area contributed by atoms with Gasteiger partial charge in [0.2, 0.25) is 0 Å². The van der Waals surface area contributed by atoms with Crippen molar-refractivity contribution in [1.82, 2.24) is 4.98 Å². The number of aromatic nitrogens is 1. The number of rotatable bonds is 6. The van der Waals surface area contributed by atoms with Crippen molar-refractivity contribution in [2.45, 2.75) is 13.5 Å². The van der Waals surface area contributed by atoms with Crippen molar-refractivity contribution in [2.75, 3.05) is 5.32 Å². The first-order valence-corrected chi connectivity index (χ1v) is 10.3. The minimum absolute atomic E-state index is 0.257. The number of carbonyl (C=O) groups excluding carboxylic acids is 1. The number of thiazole rings is 1. The van der Waals surface area contributed by atoms with E-state index in [1.165, 1.54) is 23.5 Å². The summed E-state index contributed by atoms with van der Waals surface area (Å²) in [6.07, 6.45) is 0. The fraction of sp³-hybridized carbons (Fsp3) is 0.0833. The zero-order valence-corrected chi connectivity index (χ0v) is 17.1. The highest BCUT2D eigenvalue weighted by Crippen LogP contribution is 2.33. The summed E-state index contributed by atoms with van der Waals surface area (Å²) < 4.78 is 19.0. The van der Waals surface area contributed by atoms with E-state index in [9.17, 15) is 9.18 Å². The first-order chi connectivity index (χ1) is 14.6. The molecule has 0 aliphatic carbocycles. The molecule has 4 rings (SSSR count). The number of nitrogens with zero attached hydrogens (tertiary/aromatic N) is 1. The Kier molecular flexibility index (Phi) is 5.86. The van der Waals surface area contributed by atoms with Crippen LogP contribution in [-0.4, -0.2) is 10.9 Å². The molecule has 3 aromatic carbocycles. The van der Waals surface area contributed by atoms with Crippen molar-refractivity contribution in [3.8, 4) is 16.3 Å². The minimum atomic E-state index is -0.279. The molecule has 6 heteroatoms. The lowest BCUT2D eigenvalue weighted by Gasteiger charge is -2.10. The van der Waals surface area contributed by atoms with Crippen LogP contribution in [0.25, 0.3) is 10.6 Å². The Balaban J connectivity index is 1.50. The molecule has 0 bridgehead atoms. The van der Waals surface area contributed by atoms with E-state index < -0.39 is 0 Å². The van der Waals surface area contributed by atoms with E-state index in [-0.39, 0.29) is 11.7 Å². The highest BCUT2D eigenvalue weighted by Gasteiger charge is 2.15. The molecule has 0 aliphatic rings. The number of nitrogens with one attached hydrogen (secondary N) is 1. The SMILES string of the molecule is Cc1cccc(NC(=O)c2csc(-c3ccccc3OCc3ccc(F)cc3)n2)c1. The second kappa shape index (κ2) is 8.88. The molecule has 0 radical (unpaired) electrons. The van der Waals surface area contributed by atoms with Crippen LogP contribution in [0, 0.1) is 12.7 Å². The van der Waals surface area contributed by atoms with Gasteiger partial charge in [0.05, 0.1) is 5.56 Å². The third-order valence-electron chi connectivity index (χ3n) is 4.44. The number of hydrogen-bond donors (Lipinski definition) is 1. The highest BCUT2D eigenvalue weighted by atomic mass is 32.1. The van der Waals surface area contributed by atoms with Crippen LogP contribution in [0.15, 0.2) is 78.2 Å². The van der Waals surface area contributed by atoms with Gasteiger partial charge < -0.3 is 10.1 Å². The van der Waals surface area contributed by atoms with Gasteiger partial charge >= 0.3 is 0 Å². The van der Waals surface area contributed by atoms with Gasteiger partial charge in [0, 0.05) is 11.1 Å². The summed E-state index contributed by atoms with van der Waals surface area (Å²) in [7, 11) is 0. The van der Waals surface area contributed by atoms with Crippen molar-refractivity contribution in [3.63, 3.8) is 0 Å². The normalized spacial score (nSPS) is 10.6. The molecule has 0 unspecified atom stereocenters. The van der Waals surface area contributed by atoms with Gasteiger partial charge in [-0.15, -0.1) is 11.3 Å². The summed E-state index contributed by atoms with van der Waals surface area (Å²) in [6.45, 7) is 2.28. The maximum absolute atomic E-state index is 13.1. The number of ether oxygens (including phenoxy) is 1. The lowest BCUT2D eigenvalue weighted by molar-refractivity contribution is 0.102. The lowest BCUT2D eigenvalue weighted by atomic mass is 10.2. The molecule has 150 valence electrons. The third-order valence-corrected chi connectivity index (χ3v) is 5.31. The molecule has 0 aliphatic heterocycles. The van der Waals surface area contributed by atoms with Gasteiger partial charge in [-0.25, -0.2) is 9.37 Å². The van der Waals surface area contributed by atoms with E-state index in [2.05, 4.69) is 10.3 Å². The molecule has 4 aromatic rings. The fourth-order valence-electron chi connectivity index (χ4n) is 2.93. The third kappa shape index (κ3) is 4.72. The Morgan fingerprint density at radius 1 is 1.07 bits per heavy atom. The van der Waals surface area contributed by atoms with E-state index >= 15 is 0 Å². The van der Waals surface area contributed by atoms with Crippen LogP contribution < -0.4 is 10.1 Å². The molecule has 1 amide bonds. The van der Waals surface area contributed by atoms with Crippen molar-refractivity contribution in [1.29, 1.82) is 0 Å². The van der Waals surface area contributed by atoms with Crippen molar-refractivity contribution in [3.05, 3.63) is 101 Å². The summed E-state index contributed by atoms with van der Waals surface area (Å²) >= 11 is 1.38. The largest absolute Gasteiger partial charge is 0.488 e. The molecule has 30 heavy (non-hydrogen) atoms. The predicted molar refractivity (Wildman–Crippen MR) is 117 cm³/mol. The summed E-state index contributed by atoms with van der Waals surface area (Å²) in [6, 6.07) is 21.3. The molecule has 0 saturated carbocycles. The number of hydrogen-bond acceptors (Lipinski definition) is 4. The maximum atomic E-state index is 13.1. The van der Waals surface area contributed by atoms with E-state index in [1.807, 2.05) is 55.5 Å². The monoisotopic (exact) mass is 418 g/mol. The van der Waals surface area contributed by atoms with Crippen LogP contribution in [0.4, 0.5) is 10.1 Å². The number of para-hydroxylation sites is 1. The second-order valence-electron chi connectivity index (χ2n) is 6.77. The van der Waals surface area contributed by atoms with Crippen molar-refractivity contribution in [2.24, 2.45) is 0 Å². The Labute approximate surface area is 178 Å². The smallest absolute Gasteiger partial charge is 0.275 e. The molecule has 0 spiro atoms. The molecular formula is C24H19FN2O2S. The average molecular weight is 418 g/mol. The van der Waals surface area contributed by atoms with Crippen LogP contribution in [0.2, 0.25) is 0 Å². The van der Waals surface area contributed by atoms with Crippen LogP contribution in [0.3, 0.4) is 0 Å². The van der Waals surface area contributed by atoms with Crippen molar-refractivity contribution >= 4 is 22.9 Å². The lowest BCUT2D eigenvalue weighted by Crippen LogP contribution is -2.12. The Morgan fingerprint density at radius 2 is 1.87 bits per heavy atom. The van der Waals surface area contributed by atoms with Crippen LogP contribution in [-0.2, 0) is 6.61 Å². The van der Waals surface area contributed by atoms with Gasteiger partial charge in [-0.2, -0.15) is 0 Å². The number of halogens is 1. The number of aryl methyl sites for hydroxylation is 1. The number of carbonyl (C=O) groups is 1. The fourth-order valence-corrected chi connectivity index (χ4v) is 3.76. The predicted octanol–water partition coefficient (Wildman–Crippen LogP) is 6.09. The zero-order valence-electron chi connectivity index (χ0n) is 16.3. The van der Waals surface area contributed by atoms with Crippen LogP contribution >= 0.6 is 11.3 Å². The quantitative estimate of drug-likeness (QED) is 0.412. The Bertz CT molecular complexity index is 1170. The minimum Gasteiger partial charge on any atom is -0.488 e. The first kappa shape index (κ1) is 19.8. The molecule has 1 N–H and O–H groups in total. The van der Waals surface area contributed by atoms with E-state index in [1.54, 1.807) is 17.5 Å². The molecule has 1 heterocycles. The summed E-state index contributed by atoms with van der Waals surface area (Å²) in [5.74, 6) is 0.119. The number of benzene rings is 3. The van der Waals surface area contributed by atoms with Crippen LogP contribution in [0.1, 0.15) is 21.6 Å². The Morgan fingerprint density at radius 3 is 2.67 bits per heavy atom. The summed E-state index contributed by atoms with van der Waals surface area (Å²) in [5.41, 5.74) is 3.82. The summed E-state index contributed by atoms with van der Waals surface area (Å²) in [4.78, 5) is 17.1. The molecule has 1 aromatic heterocycles. The number of anilines is 1. The van der Waals surface area contributed by atoms with Gasteiger partial charge in [0.25, 0.3) is 5.91 Å². The highest BCUT2D eigenvalue weighted by molar-refractivity contribution is 7.13. The van der Waals surface area contributed by atoms with Gasteiger partial charge in [0.1, 0.15) is 28.9 Å². The topological polar surface area (TPSA) is 51.2 Å². The Hall–Kier alpha value is -3.51. The molecule has 0 saturated heterocycles. The van der Waals surface area contributed by atoms with Gasteiger partial charge in [-0.05, 0) is 54.4 Å². The van der Waals surface area contributed by atoms with E-state index in [4.69, 9.17) is 4.74 Å². The molecule has 0 fully saturated rings. The number of amides is 1. The van der Waals surface area contributed by atoms with Gasteiger partial charge in [-0.3, -0.25) is 4.79 Å². The second-order valence-corrected chi connectivity index (χ2v) is 7.63. The van der Waals surface area contributed by atoms with Crippen LogP contribution in [0.5, 0.6) is 5.75 Å². The van der Waals surface area contributed by atoms with Gasteiger partial charge in [-0.1, -0.05) is 36.4 Å². The van der Waals surface area contributed by atoms with Crippen molar-refractivity contribution < 1.29 is 13.9 Å². The zero-order chi connectivity index (χ0) is 20.9. The first-order valence-electron chi connectivity index (χ1n) is 9.39. The maximum Gasteiger partial charge on any atom is 0.275 e.